The average Bonchev–Trinajstić information content (AvgIpc) is 2.26. The van der Waals surface area contributed by atoms with E-state index >= 15 is 0 Å². The van der Waals surface area contributed by atoms with Gasteiger partial charge in [-0.05, 0) is 40.0 Å². The Morgan fingerprint density at radius 3 is 2.75 bits per heavy atom. The lowest BCUT2D eigenvalue weighted by Crippen LogP contribution is -2.01. The Kier molecular flexibility index (Phi) is 6.06. The second-order valence-corrected chi connectivity index (χ2v) is 6.04. The molecule has 0 aliphatic heterocycles. The predicted octanol–water partition coefficient (Wildman–Crippen LogP) is 3.51. The maximum absolute atomic E-state index is 11.7. The third kappa shape index (κ3) is 4.26. The second-order valence-electron chi connectivity index (χ2n) is 3.61. The summed E-state index contributed by atoms with van der Waals surface area (Å²) in [5.41, 5.74) is 1.09. The van der Waals surface area contributed by atoms with E-state index in [0.29, 0.717) is 5.75 Å². The highest BCUT2D eigenvalue weighted by molar-refractivity contribution is 9.10. The summed E-state index contributed by atoms with van der Waals surface area (Å²) in [4.78, 5) is 0. The monoisotopic (exact) mass is 304 g/mol. The zero-order valence-electron chi connectivity index (χ0n) is 9.66. The number of benzene rings is 1. The normalized spacial score (nSPS) is 12.4. The van der Waals surface area contributed by atoms with Crippen molar-refractivity contribution in [1.29, 1.82) is 0 Å². The Morgan fingerprint density at radius 1 is 1.44 bits per heavy atom. The van der Waals surface area contributed by atoms with Crippen LogP contribution in [-0.2, 0) is 16.6 Å². The van der Waals surface area contributed by atoms with Gasteiger partial charge in [0.1, 0.15) is 5.75 Å². The van der Waals surface area contributed by atoms with Gasteiger partial charge in [-0.1, -0.05) is 19.4 Å². The Balaban J connectivity index is 2.61. The van der Waals surface area contributed by atoms with Crippen molar-refractivity contribution in [2.24, 2.45) is 0 Å². The first-order valence-electron chi connectivity index (χ1n) is 5.34. The number of halogens is 1. The summed E-state index contributed by atoms with van der Waals surface area (Å²) in [5.74, 6) is 2.23. The van der Waals surface area contributed by atoms with Gasteiger partial charge in [-0.25, -0.2) is 0 Å². The molecule has 16 heavy (non-hydrogen) atoms. The molecule has 1 aromatic rings. The molecule has 1 rings (SSSR count). The third-order valence-electron chi connectivity index (χ3n) is 2.27. The highest BCUT2D eigenvalue weighted by Crippen LogP contribution is 2.26. The van der Waals surface area contributed by atoms with E-state index in [1.807, 2.05) is 18.2 Å². The van der Waals surface area contributed by atoms with Crippen molar-refractivity contribution in [3.05, 3.63) is 28.2 Å². The summed E-state index contributed by atoms with van der Waals surface area (Å²) in [6.45, 7) is 2.11. The van der Waals surface area contributed by atoms with Crippen LogP contribution in [0.25, 0.3) is 0 Å². The topological polar surface area (TPSA) is 26.3 Å². The van der Waals surface area contributed by atoms with E-state index in [-0.39, 0.29) is 0 Å². The summed E-state index contributed by atoms with van der Waals surface area (Å²) in [6, 6.07) is 5.84. The van der Waals surface area contributed by atoms with E-state index in [2.05, 4.69) is 22.9 Å². The highest BCUT2D eigenvalue weighted by Gasteiger charge is 2.05. The first kappa shape index (κ1) is 13.7. The van der Waals surface area contributed by atoms with Crippen LogP contribution >= 0.6 is 15.9 Å². The zero-order valence-corrected chi connectivity index (χ0v) is 12.1. The first-order chi connectivity index (χ1) is 7.67. The van der Waals surface area contributed by atoms with Crippen LogP contribution in [0, 0.1) is 0 Å². The lowest BCUT2D eigenvalue weighted by molar-refractivity contribution is 0.412. The van der Waals surface area contributed by atoms with E-state index in [9.17, 15) is 4.21 Å². The molecule has 0 heterocycles. The van der Waals surface area contributed by atoms with E-state index in [1.54, 1.807) is 7.11 Å². The van der Waals surface area contributed by atoms with Crippen LogP contribution in [0.4, 0.5) is 0 Å². The molecule has 0 fully saturated rings. The number of hydrogen-bond acceptors (Lipinski definition) is 2. The number of unbranched alkanes of at least 4 members (excludes halogenated alkanes) is 1. The van der Waals surface area contributed by atoms with Gasteiger partial charge in [0.25, 0.3) is 0 Å². The Morgan fingerprint density at radius 2 is 2.19 bits per heavy atom. The standard InChI is InChI=1S/C12H17BrO2S/c1-3-4-7-16(14)9-10-5-6-12(15-2)11(13)8-10/h5-6,8H,3-4,7,9H2,1-2H3/t16-/m0/s1. The minimum absolute atomic E-state index is 0.628. The highest BCUT2D eigenvalue weighted by atomic mass is 79.9. The van der Waals surface area contributed by atoms with Gasteiger partial charge in [0.05, 0.1) is 11.6 Å². The molecule has 90 valence electrons. The molecule has 0 unspecified atom stereocenters. The fourth-order valence-corrected chi connectivity index (χ4v) is 3.26. The molecule has 4 heteroatoms. The first-order valence-corrected chi connectivity index (χ1v) is 7.63. The van der Waals surface area contributed by atoms with Crippen molar-refractivity contribution in [3.63, 3.8) is 0 Å². The molecule has 0 saturated carbocycles. The molecule has 0 spiro atoms. The van der Waals surface area contributed by atoms with Gasteiger partial charge in [0.15, 0.2) is 0 Å². The molecule has 0 radical (unpaired) electrons. The molecule has 1 aromatic carbocycles. The minimum atomic E-state index is -0.749. The number of rotatable bonds is 6. The van der Waals surface area contributed by atoms with Gasteiger partial charge in [0.2, 0.25) is 0 Å². The lowest BCUT2D eigenvalue weighted by Gasteiger charge is -2.06. The van der Waals surface area contributed by atoms with E-state index in [0.717, 1.165) is 34.4 Å². The van der Waals surface area contributed by atoms with Crippen LogP contribution in [0.3, 0.4) is 0 Å². The number of hydrogen-bond donors (Lipinski definition) is 0. The fraction of sp³-hybridized carbons (Fsp3) is 0.500. The molecular formula is C12H17BrO2S. The van der Waals surface area contributed by atoms with E-state index in [1.165, 1.54) is 0 Å². The van der Waals surface area contributed by atoms with Crippen LogP contribution in [0.15, 0.2) is 22.7 Å². The van der Waals surface area contributed by atoms with Crippen LogP contribution in [0.1, 0.15) is 25.3 Å². The predicted molar refractivity (Wildman–Crippen MR) is 72.3 cm³/mol. The molecule has 0 aromatic heterocycles. The smallest absolute Gasteiger partial charge is 0.133 e. The van der Waals surface area contributed by atoms with Crippen molar-refractivity contribution < 1.29 is 8.95 Å². The van der Waals surface area contributed by atoms with Crippen LogP contribution in [-0.4, -0.2) is 17.1 Å². The van der Waals surface area contributed by atoms with E-state index < -0.39 is 10.8 Å². The number of ether oxygens (including phenoxy) is 1. The van der Waals surface area contributed by atoms with Crippen molar-refractivity contribution >= 4 is 26.7 Å². The molecule has 0 aliphatic carbocycles. The van der Waals surface area contributed by atoms with Gasteiger partial charge >= 0.3 is 0 Å². The van der Waals surface area contributed by atoms with Gasteiger partial charge in [-0.3, -0.25) is 4.21 Å². The number of methoxy groups -OCH3 is 1. The summed E-state index contributed by atoms with van der Waals surface area (Å²) in [7, 11) is 0.889. The molecule has 0 bridgehead atoms. The summed E-state index contributed by atoms with van der Waals surface area (Å²) >= 11 is 3.43. The van der Waals surface area contributed by atoms with Gasteiger partial charge < -0.3 is 4.74 Å². The molecule has 1 atom stereocenters. The Bertz CT molecular complexity index is 366. The van der Waals surface area contributed by atoms with Crippen LogP contribution in [0.2, 0.25) is 0 Å². The SMILES string of the molecule is CCCC[S@](=O)Cc1ccc(OC)c(Br)c1. The van der Waals surface area contributed by atoms with Gasteiger partial charge in [-0.15, -0.1) is 0 Å². The molecular weight excluding hydrogens is 288 g/mol. The average molecular weight is 305 g/mol. The molecule has 2 nitrogen and oxygen atoms in total. The van der Waals surface area contributed by atoms with Crippen LogP contribution in [0.5, 0.6) is 5.75 Å². The molecule has 0 amide bonds. The summed E-state index contributed by atoms with van der Waals surface area (Å²) in [5, 5.41) is 0. The largest absolute Gasteiger partial charge is 0.496 e. The second kappa shape index (κ2) is 7.07. The van der Waals surface area contributed by atoms with Crippen LogP contribution < -0.4 is 4.74 Å². The Labute approximate surface area is 108 Å². The maximum atomic E-state index is 11.7. The summed E-state index contributed by atoms with van der Waals surface area (Å²) in [6.07, 6.45) is 2.13. The van der Waals surface area contributed by atoms with Gasteiger partial charge in [-0.2, -0.15) is 0 Å². The van der Waals surface area contributed by atoms with Crippen molar-refractivity contribution in [2.75, 3.05) is 12.9 Å². The minimum Gasteiger partial charge on any atom is -0.496 e. The molecule has 0 aliphatic rings. The van der Waals surface area contributed by atoms with Gasteiger partial charge in [0, 0.05) is 22.3 Å². The zero-order chi connectivity index (χ0) is 12.0. The van der Waals surface area contributed by atoms with Crippen molar-refractivity contribution in [3.8, 4) is 5.75 Å². The van der Waals surface area contributed by atoms with Crippen molar-refractivity contribution in [1.82, 2.24) is 0 Å². The van der Waals surface area contributed by atoms with E-state index in [4.69, 9.17) is 4.74 Å². The van der Waals surface area contributed by atoms with Crippen molar-refractivity contribution in [2.45, 2.75) is 25.5 Å². The molecule has 0 saturated heterocycles. The maximum Gasteiger partial charge on any atom is 0.133 e. The quantitative estimate of drug-likeness (QED) is 0.804. The summed E-state index contributed by atoms with van der Waals surface area (Å²) < 4.78 is 17.8. The lowest BCUT2D eigenvalue weighted by atomic mass is 10.2. The fourth-order valence-electron chi connectivity index (χ4n) is 1.36. The third-order valence-corrected chi connectivity index (χ3v) is 4.29. The molecule has 0 N–H and O–H groups in total. The Hall–Kier alpha value is -0.350.